The Morgan fingerprint density at radius 3 is 2.70 bits per heavy atom. The van der Waals surface area contributed by atoms with Crippen molar-refractivity contribution in [3.05, 3.63) is 21.9 Å². The van der Waals surface area contributed by atoms with Gasteiger partial charge in [0.1, 0.15) is 4.88 Å². The zero-order valence-corrected chi connectivity index (χ0v) is 12.6. The second-order valence-electron chi connectivity index (χ2n) is 4.91. The molecular formula is C15H19NO3S. The lowest BCUT2D eigenvalue weighted by atomic mass is 9.98. The molecule has 1 aliphatic carbocycles. The molecule has 0 unspecified atom stereocenters. The van der Waals surface area contributed by atoms with Crippen LogP contribution in [-0.4, -0.2) is 24.0 Å². The molecular weight excluding hydrogens is 274 g/mol. The van der Waals surface area contributed by atoms with Crippen LogP contribution < -0.4 is 4.90 Å². The van der Waals surface area contributed by atoms with Gasteiger partial charge in [0.15, 0.2) is 0 Å². The molecule has 0 aromatic carbocycles. The highest BCUT2D eigenvalue weighted by Gasteiger charge is 2.22. The minimum absolute atomic E-state index is 0.0746. The molecule has 0 saturated carbocycles. The van der Waals surface area contributed by atoms with Crippen LogP contribution in [0.25, 0.3) is 5.57 Å². The fourth-order valence-electron chi connectivity index (χ4n) is 2.38. The highest BCUT2D eigenvalue weighted by molar-refractivity contribution is 7.15. The Bertz CT molecular complexity index is 559. The maximum absolute atomic E-state index is 11.8. The lowest BCUT2D eigenvalue weighted by Gasteiger charge is -2.15. The minimum atomic E-state index is -0.969. The van der Waals surface area contributed by atoms with Crippen molar-refractivity contribution in [3.63, 3.8) is 0 Å². The molecule has 1 amide bonds. The Kier molecular flexibility index (Phi) is 4.60. The fourth-order valence-corrected chi connectivity index (χ4v) is 3.47. The van der Waals surface area contributed by atoms with Crippen molar-refractivity contribution in [3.8, 4) is 0 Å². The Morgan fingerprint density at radius 1 is 1.40 bits per heavy atom. The molecule has 4 nitrogen and oxygen atoms in total. The average Bonchev–Trinajstić information content (AvgIpc) is 2.92. The Balaban J connectivity index is 2.40. The Hall–Kier alpha value is -1.62. The number of aromatic carboxylic acids is 1. The van der Waals surface area contributed by atoms with Crippen molar-refractivity contribution in [1.82, 2.24) is 0 Å². The predicted molar refractivity (Wildman–Crippen MR) is 81.4 cm³/mol. The number of carboxylic acids is 1. The molecule has 1 aromatic rings. The molecule has 0 radical (unpaired) electrons. The van der Waals surface area contributed by atoms with E-state index in [2.05, 4.69) is 6.08 Å². The largest absolute Gasteiger partial charge is 0.477 e. The summed E-state index contributed by atoms with van der Waals surface area (Å²) in [6, 6.07) is 1.85. The van der Waals surface area contributed by atoms with Gasteiger partial charge in [-0.3, -0.25) is 4.79 Å². The van der Waals surface area contributed by atoms with Crippen LogP contribution >= 0.6 is 11.3 Å². The highest BCUT2D eigenvalue weighted by Crippen LogP contribution is 2.37. The van der Waals surface area contributed by atoms with E-state index in [-0.39, 0.29) is 10.8 Å². The fraction of sp³-hybridized carbons (Fsp3) is 0.467. The van der Waals surface area contributed by atoms with E-state index in [4.69, 9.17) is 0 Å². The van der Waals surface area contributed by atoms with Gasteiger partial charge in [0.05, 0.1) is 5.69 Å². The third kappa shape index (κ3) is 2.93. The second-order valence-corrected chi connectivity index (χ2v) is 5.96. The van der Waals surface area contributed by atoms with Crippen LogP contribution in [0.15, 0.2) is 12.1 Å². The van der Waals surface area contributed by atoms with Crippen molar-refractivity contribution in [2.75, 3.05) is 11.9 Å². The first kappa shape index (κ1) is 14.8. The first-order valence-electron chi connectivity index (χ1n) is 6.87. The summed E-state index contributed by atoms with van der Waals surface area (Å²) in [6.45, 7) is 1.77. The summed E-state index contributed by atoms with van der Waals surface area (Å²) >= 11 is 1.27. The zero-order chi connectivity index (χ0) is 14.7. The van der Waals surface area contributed by atoms with E-state index >= 15 is 0 Å². The number of hydrogen-bond donors (Lipinski definition) is 1. The first-order valence-corrected chi connectivity index (χ1v) is 7.69. The second kappa shape index (κ2) is 6.22. The Labute approximate surface area is 122 Å². The van der Waals surface area contributed by atoms with Gasteiger partial charge in [-0.2, -0.15) is 0 Å². The molecule has 108 valence electrons. The molecule has 0 spiro atoms. The number of carboxylic acid groups (broad SMARTS) is 1. The smallest absolute Gasteiger partial charge is 0.348 e. The molecule has 5 heteroatoms. The average molecular weight is 293 g/mol. The van der Waals surface area contributed by atoms with Crippen LogP contribution in [0.5, 0.6) is 0 Å². The van der Waals surface area contributed by atoms with E-state index in [0.717, 1.165) is 24.1 Å². The van der Waals surface area contributed by atoms with Crippen molar-refractivity contribution in [1.29, 1.82) is 0 Å². The molecule has 1 aliphatic rings. The number of anilines is 1. The van der Waals surface area contributed by atoms with Crippen molar-refractivity contribution in [2.24, 2.45) is 0 Å². The highest BCUT2D eigenvalue weighted by atomic mass is 32.1. The topological polar surface area (TPSA) is 57.6 Å². The molecule has 0 saturated heterocycles. The van der Waals surface area contributed by atoms with Gasteiger partial charge in [-0.05, 0) is 37.3 Å². The number of hydrogen-bond acceptors (Lipinski definition) is 3. The van der Waals surface area contributed by atoms with E-state index < -0.39 is 5.97 Å². The molecule has 0 bridgehead atoms. The van der Waals surface area contributed by atoms with Crippen molar-refractivity contribution >= 4 is 34.5 Å². The van der Waals surface area contributed by atoms with E-state index in [0.29, 0.717) is 12.1 Å². The normalized spacial score (nSPS) is 14.8. The van der Waals surface area contributed by atoms with E-state index in [9.17, 15) is 14.7 Å². The van der Waals surface area contributed by atoms with E-state index in [1.807, 2.05) is 6.07 Å². The summed E-state index contributed by atoms with van der Waals surface area (Å²) in [5.41, 5.74) is 1.73. The standard InChI is InChI=1S/C15H19NO3S/c1-3-13(17)16(2)11-9-12(20-14(11)15(18)19)10-7-5-4-6-8-10/h7,9H,3-6,8H2,1-2H3,(H,18,19). The summed E-state index contributed by atoms with van der Waals surface area (Å²) in [6.07, 6.45) is 6.93. The maximum Gasteiger partial charge on any atom is 0.348 e. The predicted octanol–water partition coefficient (Wildman–Crippen LogP) is 3.78. The van der Waals surface area contributed by atoms with Gasteiger partial charge in [-0.25, -0.2) is 4.79 Å². The van der Waals surface area contributed by atoms with Gasteiger partial charge in [0, 0.05) is 18.3 Å². The number of amides is 1. The SMILES string of the molecule is CCC(=O)N(C)c1cc(C2=CCCCC2)sc1C(=O)O. The molecule has 2 rings (SSSR count). The molecule has 1 aromatic heterocycles. The summed E-state index contributed by atoms with van der Waals surface area (Å²) < 4.78 is 0. The van der Waals surface area contributed by atoms with Crippen LogP contribution in [-0.2, 0) is 4.79 Å². The summed E-state index contributed by atoms with van der Waals surface area (Å²) in [4.78, 5) is 25.9. The van der Waals surface area contributed by atoms with Crippen LogP contribution in [0.1, 0.15) is 53.6 Å². The third-order valence-electron chi connectivity index (χ3n) is 3.55. The van der Waals surface area contributed by atoms with Gasteiger partial charge >= 0.3 is 5.97 Å². The Morgan fingerprint density at radius 2 is 2.15 bits per heavy atom. The molecule has 20 heavy (non-hydrogen) atoms. The number of thiophene rings is 1. The zero-order valence-electron chi connectivity index (χ0n) is 11.8. The van der Waals surface area contributed by atoms with Gasteiger partial charge < -0.3 is 10.0 Å². The number of carbonyl (C=O) groups excluding carboxylic acids is 1. The van der Waals surface area contributed by atoms with Crippen LogP contribution in [0, 0.1) is 0 Å². The van der Waals surface area contributed by atoms with Gasteiger partial charge in [-0.1, -0.05) is 13.0 Å². The summed E-state index contributed by atoms with van der Waals surface area (Å²) in [5.74, 6) is -1.04. The van der Waals surface area contributed by atoms with Crippen LogP contribution in [0.4, 0.5) is 5.69 Å². The maximum atomic E-state index is 11.8. The monoisotopic (exact) mass is 293 g/mol. The minimum Gasteiger partial charge on any atom is -0.477 e. The first-order chi connectivity index (χ1) is 9.54. The van der Waals surface area contributed by atoms with Crippen LogP contribution in [0.3, 0.4) is 0 Å². The number of rotatable bonds is 4. The summed E-state index contributed by atoms with van der Waals surface area (Å²) in [5, 5.41) is 9.33. The summed E-state index contributed by atoms with van der Waals surface area (Å²) in [7, 11) is 1.64. The van der Waals surface area contributed by atoms with Crippen molar-refractivity contribution < 1.29 is 14.7 Å². The quantitative estimate of drug-likeness (QED) is 0.919. The molecule has 1 heterocycles. The van der Waals surface area contributed by atoms with Gasteiger partial charge in [-0.15, -0.1) is 11.3 Å². The molecule has 0 aliphatic heterocycles. The van der Waals surface area contributed by atoms with Crippen LogP contribution in [0.2, 0.25) is 0 Å². The lowest BCUT2D eigenvalue weighted by Crippen LogP contribution is -2.26. The van der Waals surface area contributed by atoms with Crippen molar-refractivity contribution in [2.45, 2.75) is 39.0 Å². The van der Waals surface area contributed by atoms with E-state index in [1.165, 1.54) is 28.2 Å². The molecule has 0 atom stereocenters. The number of nitrogens with zero attached hydrogens (tertiary/aromatic N) is 1. The molecule has 0 fully saturated rings. The van der Waals surface area contributed by atoms with E-state index in [1.54, 1.807) is 14.0 Å². The molecule has 1 N–H and O–H groups in total. The number of allylic oxidation sites excluding steroid dienone is 2. The number of carbonyl (C=O) groups is 2. The third-order valence-corrected chi connectivity index (χ3v) is 4.74. The van der Waals surface area contributed by atoms with Gasteiger partial charge in [0.2, 0.25) is 5.91 Å². The lowest BCUT2D eigenvalue weighted by molar-refractivity contribution is -0.118. The van der Waals surface area contributed by atoms with Gasteiger partial charge in [0.25, 0.3) is 0 Å².